The molecule has 0 radical (unpaired) electrons. The van der Waals surface area contributed by atoms with E-state index in [4.69, 9.17) is 0 Å². The highest BCUT2D eigenvalue weighted by atomic mass is 32.2. The van der Waals surface area contributed by atoms with Crippen LogP contribution in [0, 0.1) is 0 Å². The van der Waals surface area contributed by atoms with Crippen molar-refractivity contribution >= 4 is 16.1 Å². The quantitative estimate of drug-likeness (QED) is 0.657. The van der Waals surface area contributed by atoms with Gasteiger partial charge in [-0.1, -0.05) is 13.3 Å². The summed E-state index contributed by atoms with van der Waals surface area (Å²) in [4.78, 5) is 11.8. The van der Waals surface area contributed by atoms with Gasteiger partial charge in [0.05, 0.1) is 0 Å². The Hall–Kier alpha value is -0.700. The molecule has 1 heterocycles. The molecule has 1 amide bonds. The normalized spacial score (nSPS) is 21.6. The van der Waals surface area contributed by atoms with Crippen LogP contribution in [-0.4, -0.2) is 69.3 Å². The van der Waals surface area contributed by atoms with Crippen LogP contribution >= 0.6 is 0 Å². The van der Waals surface area contributed by atoms with E-state index < -0.39 is 16.3 Å². The molecule has 0 aromatic rings. The third-order valence-electron chi connectivity index (χ3n) is 3.26. The average molecular weight is 292 g/mol. The van der Waals surface area contributed by atoms with Crippen molar-refractivity contribution in [2.45, 2.75) is 25.8 Å². The molecule has 0 aromatic heterocycles. The van der Waals surface area contributed by atoms with Crippen LogP contribution in [0.1, 0.15) is 19.8 Å². The van der Waals surface area contributed by atoms with E-state index in [0.29, 0.717) is 26.2 Å². The van der Waals surface area contributed by atoms with E-state index in [1.165, 1.54) is 15.7 Å². The Bertz CT molecular complexity index is 399. The fourth-order valence-corrected chi connectivity index (χ4v) is 3.56. The van der Waals surface area contributed by atoms with Crippen molar-refractivity contribution in [3.8, 4) is 0 Å². The van der Waals surface area contributed by atoms with Gasteiger partial charge in [0.1, 0.15) is 6.04 Å². The van der Waals surface area contributed by atoms with Crippen molar-refractivity contribution in [2.24, 2.45) is 0 Å². The number of carbonyl (C=O) groups excluding carboxylic acids is 1. The molecule has 1 saturated heterocycles. The third-order valence-corrected chi connectivity index (χ3v) is 5.26. The highest BCUT2D eigenvalue weighted by molar-refractivity contribution is 7.86. The van der Waals surface area contributed by atoms with Gasteiger partial charge in [-0.3, -0.25) is 4.79 Å². The average Bonchev–Trinajstić information content (AvgIpc) is 2.43. The lowest BCUT2D eigenvalue weighted by Gasteiger charge is -2.36. The zero-order valence-corrected chi connectivity index (χ0v) is 12.7. The van der Waals surface area contributed by atoms with Crippen LogP contribution in [0.4, 0.5) is 0 Å². The lowest BCUT2D eigenvalue weighted by Crippen LogP contribution is -2.61. The number of piperazine rings is 1. The number of nitrogens with one attached hydrogen (secondary N) is 2. The molecule has 1 fully saturated rings. The SMILES string of the molecule is CCCCN(C)S(=O)(=O)N1CCNCC1C(=O)NC. The number of nitrogens with zero attached hydrogens (tertiary/aromatic N) is 2. The first-order valence-electron chi connectivity index (χ1n) is 6.60. The number of amides is 1. The summed E-state index contributed by atoms with van der Waals surface area (Å²) in [5, 5.41) is 5.56. The largest absolute Gasteiger partial charge is 0.358 e. The van der Waals surface area contributed by atoms with Gasteiger partial charge in [-0.2, -0.15) is 17.0 Å². The predicted octanol–water partition coefficient (Wildman–Crippen LogP) is -1.02. The lowest BCUT2D eigenvalue weighted by atomic mass is 10.2. The standard InChI is InChI=1S/C11H24N4O3S/c1-4-5-7-14(3)19(17,18)15-8-6-13-9-10(15)11(16)12-2/h10,13H,4-9H2,1-3H3,(H,12,16). The summed E-state index contributed by atoms with van der Waals surface area (Å²) in [6.07, 6.45) is 1.74. The van der Waals surface area contributed by atoms with Gasteiger partial charge in [0.15, 0.2) is 0 Å². The zero-order valence-electron chi connectivity index (χ0n) is 11.8. The maximum atomic E-state index is 12.5. The first-order chi connectivity index (χ1) is 8.95. The molecule has 8 heteroatoms. The monoisotopic (exact) mass is 292 g/mol. The number of carbonyl (C=O) groups is 1. The molecule has 112 valence electrons. The number of hydrogen-bond donors (Lipinski definition) is 2. The minimum atomic E-state index is -3.57. The maximum absolute atomic E-state index is 12.5. The highest BCUT2D eigenvalue weighted by Gasteiger charge is 2.38. The number of unbranched alkanes of at least 4 members (excludes halogenated alkanes) is 1. The van der Waals surface area contributed by atoms with Crippen LogP contribution in [0.25, 0.3) is 0 Å². The fraction of sp³-hybridized carbons (Fsp3) is 0.909. The summed E-state index contributed by atoms with van der Waals surface area (Å²) in [7, 11) is -0.493. The second-order valence-corrected chi connectivity index (χ2v) is 6.62. The molecule has 0 spiro atoms. The topological polar surface area (TPSA) is 81.8 Å². The Labute approximate surface area is 115 Å². The first kappa shape index (κ1) is 16.4. The van der Waals surface area contributed by atoms with Crippen LogP contribution in [0.3, 0.4) is 0 Å². The van der Waals surface area contributed by atoms with Gasteiger partial charge in [0.2, 0.25) is 5.91 Å². The Kier molecular flexibility index (Phi) is 6.18. The molecule has 1 rings (SSSR count). The van der Waals surface area contributed by atoms with E-state index in [9.17, 15) is 13.2 Å². The van der Waals surface area contributed by atoms with E-state index in [2.05, 4.69) is 10.6 Å². The van der Waals surface area contributed by atoms with Crippen molar-refractivity contribution < 1.29 is 13.2 Å². The Balaban J connectivity index is 2.86. The maximum Gasteiger partial charge on any atom is 0.282 e. The Morgan fingerprint density at radius 2 is 2.21 bits per heavy atom. The molecule has 0 bridgehead atoms. The van der Waals surface area contributed by atoms with Crippen molar-refractivity contribution in [1.82, 2.24) is 19.2 Å². The van der Waals surface area contributed by atoms with Crippen LogP contribution in [0.15, 0.2) is 0 Å². The summed E-state index contributed by atoms with van der Waals surface area (Å²) in [6.45, 7) is 3.72. The van der Waals surface area contributed by atoms with Gasteiger partial charge < -0.3 is 10.6 Å². The van der Waals surface area contributed by atoms with E-state index >= 15 is 0 Å². The molecule has 0 saturated carbocycles. The predicted molar refractivity (Wildman–Crippen MR) is 73.9 cm³/mol. The van der Waals surface area contributed by atoms with E-state index in [1.807, 2.05) is 6.92 Å². The fourth-order valence-electron chi connectivity index (χ4n) is 2.03. The van der Waals surface area contributed by atoms with Gasteiger partial charge in [-0.15, -0.1) is 0 Å². The number of rotatable bonds is 6. The minimum Gasteiger partial charge on any atom is -0.358 e. The summed E-state index contributed by atoms with van der Waals surface area (Å²) in [5.74, 6) is -0.278. The Morgan fingerprint density at radius 1 is 1.53 bits per heavy atom. The molecule has 1 aliphatic rings. The van der Waals surface area contributed by atoms with Gasteiger partial charge in [-0.05, 0) is 6.42 Å². The van der Waals surface area contributed by atoms with Crippen molar-refractivity contribution in [1.29, 1.82) is 0 Å². The van der Waals surface area contributed by atoms with Crippen LogP contribution in [-0.2, 0) is 15.0 Å². The highest BCUT2D eigenvalue weighted by Crippen LogP contribution is 2.14. The molecule has 19 heavy (non-hydrogen) atoms. The molecule has 0 aromatic carbocycles. The molecule has 0 aliphatic carbocycles. The van der Waals surface area contributed by atoms with Crippen molar-refractivity contribution in [3.63, 3.8) is 0 Å². The molecule has 7 nitrogen and oxygen atoms in total. The van der Waals surface area contributed by atoms with Gasteiger partial charge in [0.25, 0.3) is 10.2 Å². The van der Waals surface area contributed by atoms with Crippen molar-refractivity contribution in [2.75, 3.05) is 40.3 Å². The minimum absolute atomic E-state index is 0.278. The summed E-state index contributed by atoms with van der Waals surface area (Å²) in [6, 6.07) is -0.673. The van der Waals surface area contributed by atoms with Crippen LogP contribution < -0.4 is 10.6 Å². The number of likely N-dealkylation sites (N-methyl/N-ethyl adjacent to an activating group) is 1. The summed E-state index contributed by atoms with van der Waals surface area (Å²) < 4.78 is 27.6. The zero-order chi connectivity index (χ0) is 14.5. The lowest BCUT2D eigenvalue weighted by molar-refractivity contribution is -0.124. The molecule has 1 unspecified atom stereocenters. The van der Waals surface area contributed by atoms with Gasteiger partial charge in [-0.25, -0.2) is 0 Å². The van der Waals surface area contributed by atoms with Crippen LogP contribution in [0.2, 0.25) is 0 Å². The Morgan fingerprint density at radius 3 is 2.79 bits per heavy atom. The third kappa shape index (κ3) is 3.88. The van der Waals surface area contributed by atoms with E-state index in [1.54, 1.807) is 7.05 Å². The van der Waals surface area contributed by atoms with E-state index in [-0.39, 0.29) is 5.91 Å². The molecular formula is C11H24N4O3S. The second kappa shape index (κ2) is 7.18. The summed E-state index contributed by atoms with van der Waals surface area (Å²) >= 11 is 0. The van der Waals surface area contributed by atoms with Gasteiger partial charge >= 0.3 is 0 Å². The summed E-state index contributed by atoms with van der Waals surface area (Å²) in [5.41, 5.74) is 0. The molecular weight excluding hydrogens is 268 g/mol. The van der Waals surface area contributed by atoms with E-state index in [0.717, 1.165) is 12.8 Å². The van der Waals surface area contributed by atoms with Crippen LogP contribution in [0.5, 0.6) is 0 Å². The second-order valence-electron chi connectivity index (χ2n) is 4.63. The van der Waals surface area contributed by atoms with Gasteiger partial charge in [0, 0.05) is 40.3 Å². The number of hydrogen-bond acceptors (Lipinski definition) is 4. The molecule has 2 N–H and O–H groups in total. The first-order valence-corrected chi connectivity index (χ1v) is 8.00. The van der Waals surface area contributed by atoms with Crippen molar-refractivity contribution in [3.05, 3.63) is 0 Å². The smallest absolute Gasteiger partial charge is 0.282 e. The molecule has 1 aliphatic heterocycles. The molecule has 1 atom stereocenters.